The molecular weight excluding hydrogens is 367 g/mol. The Kier molecular flexibility index (Phi) is 6.01. The number of nitrogens with one attached hydrogen (secondary N) is 1. The fraction of sp³-hybridized carbons (Fsp3) is 0.389. The highest BCUT2D eigenvalue weighted by Gasteiger charge is 2.31. The summed E-state index contributed by atoms with van der Waals surface area (Å²) in [4.78, 5) is 6.13. The van der Waals surface area contributed by atoms with E-state index in [0.29, 0.717) is 19.8 Å². The molecule has 1 aromatic carbocycles. The van der Waals surface area contributed by atoms with Crippen LogP contribution in [0.3, 0.4) is 0 Å². The van der Waals surface area contributed by atoms with Crippen molar-refractivity contribution in [1.82, 2.24) is 9.88 Å². The van der Waals surface area contributed by atoms with E-state index in [2.05, 4.69) is 15.2 Å². The number of morpholine rings is 1. The second kappa shape index (κ2) is 8.24. The van der Waals surface area contributed by atoms with Crippen molar-refractivity contribution in [3.63, 3.8) is 0 Å². The second-order valence-corrected chi connectivity index (χ2v) is 6.42. The number of nitrogens with zero attached hydrogens (tertiary/aromatic N) is 2. The van der Waals surface area contributed by atoms with Crippen LogP contribution in [0.5, 0.6) is 0 Å². The van der Waals surface area contributed by atoms with E-state index >= 15 is 0 Å². The van der Waals surface area contributed by atoms with Crippen LogP contribution in [0.25, 0.3) is 0 Å². The highest BCUT2D eigenvalue weighted by molar-refractivity contribution is 6.32. The Morgan fingerprint density at radius 3 is 2.50 bits per heavy atom. The third-order valence-electron chi connectivity index (χ3n) is 4.30. The first-order valence-corrected chi connectivity index (χ1v) is 8.66. The molecule has 0 spiro atoms. The van der Waals surface area contributed by atoms with Crippen LogP contribution >= 0.6 is 11.6 Å². The van der Waals surface area contributed by atoms with Crippen molar-refractivity contribution in [2.75, 3.05) is 38.2 Å². The number of benzene rings is 1. The molecule has 8 heteroatoms. The Bertz CT molecular complexity index is 721. The van der Waals surface area contributed by atoms with E-state index in [0.717, 1.165) is 30.9 Å². The molecule has 3 rings (SSSR count). The van der Waals surface area contributed by atoms with Crippen LogP contribution in [0.1, 0.15) is 17.2 Å². The van der Waals surface area contributed by atoms with Crippen LogP contribution in [-0.4, -0.2) is 42.7 Å². The molecule has 0 saturated carbocycles. The van der Waals surface area contributed by atoms with Crippen LogP contribution in [0, 0.1) is 0 Å². The van der Waals surface area contributed by atoms with Crippen molar-refractivity contribution >= 4 is 17.4 Å². The average Bonchev–Trinajstić information content (AvgIpc) is 2.64. The molecule has 140 valence electrons. The number of rotatable bonds is 5. The zero-order chi connectivity index (χ0) is 18.6. The normalized spacial score (nSPS) is 17.1. The van der Waals surface area contributed by atoms with Gasteiger partial charge in [0.25, 0.3) is 0 Å². The molecule has 1 atom stereocenters. The van der Waals surface area contributed by atoms with Crippen molar-refractivity contribution in [2.45, 2.75) is 12.2 Å². The molecule has 0 aliphatic carbocycles. The summed E-state index contributed by atoms with van der Waals surface area (Å²) >= 11 is 5.99. The van der Waals surface area contributed by atoms with Crippen LogP contribution in [0.4, 0.5) is 19.0 Å². The molecule has 1 aromatic heterocycles. The Hall–Kier alpha value is -1.83. The predicted octanol–water partition coefficient (Wildman–Crippen LogP) is 4.24. The van der Waals surface area contributed by atoms with Crippen LogP contribution < -0.4 is 5.32 Å². The maximum Gasteiger partial charge on any atom is 0.417 e. The van der Waals surface area contributed by atoms with Crippen molar-refractivity contribution in [1.29, 1.82) is 0 Å². The second-order valence-electron chi connectivity index (χ2n) is 6.01. The number of hydrogen-bond donors (Lipinski definition) is 1. The van der Waals surface area contributed by atoms with E-state index in [-0.39, 0.29) is 16.9 Å². The minimum atomic E-state index is -4.46. The Morgan fingerprint density at radius 2 is 1.88 bits per heavy atom. The molecule has 0 radical (unpaired) electrons. The fourth-order valence-corrected chi connectivity index (χ4v) is 3.17. The van der Waals surface area contributed by atoms with E-state index < -0.39 is 11.7 Å². The van der Waals surface area contributed by atoms with Gasteiger partial charge in [-0.1, -0.05) is 41.9 Å². The minimum Gasteiger partial charge on any atom is -0.379 e. The standard InChI is InChI=1S/C18H19ClF3N3O/c19-15-10-14(18(20,21)22)11-23-17(15)24-12-16(13-4-2-1-3-5-13)25-6-8-26-9-7-25/h1-5,10-11,16H,6-9,12H2,(H,23,24). The molecule has 1 fully saturated rings. The van der Waals surface area contributed by atoms with Gasteiger partial charge in [0.2, 0.25) is 0 Å². The van der Waals surface area contributed by atoms with Crippen LogP contribution in [-0.2, 0) is 10.9 Å². The minimum absolute atomic E-state index is 0.0419. The lowest BCUT2D eigenvalue weighted by Gasteiger charge is -2.35. The van der Waals surface area contributed by atoms with E-state index in [9.17, 15) is 13.2 Å². The van der Waals surface area contributed by atoms with E-state index in [1.54, 1.807) is 0 Å². The molecule has 1 aliphatic rings. The van der Waals surface area contributed by atoms with Crippen LogP contribution in [0.15, 0.2) is 42.6 Å². The molecule has 2 aromatic rings. The van der Waals surface area contributed by atoms with Gasteiger partial charge < -0.3 is 10.1 Å². The maximum absolute atomic E-state index is 12.7. The van der Waals surface area contributed by atoms with Gasteiger partial charge in [-0.05, 0) is 11.6 Å². The largest absolute Gasteiger partial charge is 0.417 e. The molecule has 0 amide bonds. The number of anilines is 1. The monoisotopic (exact) mass is 385 g/mol. The van der Waals surface area contributed by atoms with Crippen molar-refractivity contribution in [3.8, 4) is 0 Å². The van der Waals surface area contributed by atoms with Crippen molar-refractivity contribution in [2.24, 2.45) is 0 Å². The Morgan fingerprint density at radius 1 is 1.19 bits per heavy atom. The summed E-state index contributed by atoms with van der Waals surface area (Å²) in [7, 11) is 0. The summed E-state index contributed by atoms with van der Waals surface area (Å²) in [6.45, 7) is 3.36. The number of aromatic nitrogens is 1. The lowest BCUT2D eigenvalue weighted by molar-refractivity contribution is -0.137. The molecule has 1 unspecified atom stereocenters. The molecule has 0 bridgehead atoms. The third kappa shape index (κ3) is 4.66. The number of alkyl halides is 3. The number of ether oxygens (including phenoxy) is 1. The molecule has 2 heterocycles. The summed E-state index contributed by atoms with van der Waals surface area (Å²) in [5.41, 5.74) is 0.255. The lowest BCUT2D eigenvalue weighted by Crippen LogP contribution is -2.41. The number of hydrogen-bond acceptors (Lipinski definition) is 4. The molecule has 1 N–H and O–H groups in total. The van der Waals surface area contributed by atoms with E-state index in [4.69, 9.17) is 16.3 Å². The fourth-order valence-electron chi connectivity index (χ4n) is 2.94. The van der Waals surface area contributed by atoms with Gasteiger partial charge in [-0.3, -0.25) is 4.90 Å². The topological polar surface area (TPSA) is 37.4 Å². The molecule has 26 heavy (non-hydrogen) atoms. The Labute approximate surface area is 154 Å². The quantitative estimate of drug-likeness (QED) is 0.835. The molecule has 4 nitrogen and oxygen atoms in total. The summed E-state index contributed by atoms with van der Waals surface area (Å²) in [5.74, 6) is 0.244. The van der Waals surface area contributed by atoms with Gasteiger partial charge in [0.05, 0.1) is 29.8 Å². The zero-order valence-electron chi connectivity index (χ0n) is 14.0. The van der Waals surface area contributed by atoms with Gasteiger partial charge in [0, 0.05) is 25.8 Å². The highest BCUT2D eigenvalue weighted by Crippen LogP contribution is 2.32. The average molecular weight is 386 g/mol. The smallest absolute Gasteiger partial charge is 0.379 e. The van der Waals surface area contributed by atoms with Gasteiger partial charge in [0.15, 0.2) is 0 Å². The molecule has 1 saturated heterocycles. The van der Waals surface area contributed by atoms with Gasteiger partial charge in [-0.25, -0.2) is 4.98 Å². The van der Waals surface area contributed by atoms with Crippen molar-refractivity contribution in [3.05, 3.63) is 58.7 Å². The van der Waals surface area contributed by atoms with Crippen LogP contribution in [0.2, 0.25) is 5.02 Å². The lowest BCUT2D eigenvalue weighted by atomic mass is 10.0. The van der Waals surface area contributed by atoms with E-state index in [1.165, 1.54) is 0 Å². The number of pyridine rings is 1. The third-order valence-corrected chi connectivity index (χ3v) is 4.59. The maximum atomic E-state index is 12.7. The molecular formula is C18H19ClF3N3O. The van der Waals surface area contributed by atoms with Gasteiger partial charge >= 0.3 is 6.18 Å². The van der Waals surface area contributed by atoms with E-state index in [1.807, 2.05) is 30.3 Å². The van der Waals surface area contributed by atoms with Crippen molar-refractivity contribution < 1.29 is 17.9 Å². The number of halogens is 4. The van der Waals surface area contributed by atoms with Gasteiger partial charge in [-0.2, -0.15) is 13.2 Å². The van der Waals surface area contributed by atoms with Gasteiger partial charge in [0.1, 0.15) is 5.82 Å². The first-order chi connectivity index (χ1) is 12.4. The highest BCUT2D eigenvalue weighted by atomic mass is 35.5. The van der Waals surface area contributed by atoms with Gasteiger partial charge in [-0.15, -0.1) is 0 Å². The Balaban J connectivity index is 1.75. The first kappa shape index (κ1) is 18.9. The summed E-state index contributed by atoms with van der Waals surface area (Å²) < 4.78 is 43.6. The first-order valence-electron chi connectivity index (χ1n) is 8.28. The SMILES string of the molecule is FC(F)(F)c1cnc(NCC(c2ccccc2)N2CCOCC2)c(Cl)c1. The summed E-state index contributed by atoms with van der Waals surface area (Å²) in [6, 6.07) is 10.9. The molecule has 1 aliphatic heterocycles. The zero-order valence-corrected chi connectivity index (χ0v) is 14.7. The summed E-state index contributed by atoms with van der Waals surface area (Å²) in [6.07, 6.45) is -3.67. The summed E-state index contributed by atoms with van der Waals surface area (Å²) in [5, 5.41) is 3.05. The predicted molar refractivity (Wildman–Crippen MR) is 94.3 cm³/mol.